The van der Waals surface area contributed by atoms with E-state index in [0.29, 0.717) is 37.1 Å². The minimum absolute atomic E-state index is 0. The standard InChI is InChI=1S/C21H26N2O3.ClH/c1-16-11-18(12-22)13-23(16)21(24)15-26-20-10-6-5-9-19(20)25-14-17-7-3-2-4-8-17;/h2-10,16,18H,11-15,22H2,1H3;1H. The zero-order valence-electron chi connectivity index (χ0n) is 15.5. The fraction of sp³-hybridized carbons (Fsp3) is 0.381. The van der Waals surface area contributed by atoms with E-state index in [2.05, 4.69) is 6.92 Å². The van der Waals surface area contributed by atoms with Crippen molar-refractivity contribution in [2.75, 3.05) is 19.7 Å². The summed E-state index contributed by atoms with van der Waals surface area (Å²) in [7, 11) is 0. The van der Waals surface area contributed by atoms with Crippen LogP contribution < -0.4 is 15.2 Å². The number of halogens is 1. The number of para-hydroxylation sites is 2. The first-order valence-electron chi connectivity index (χ1n) is 9.05. The molecule has 0 bridgehead atoms. The molecule has 2 unspecified atom stereocenters. The molecule has 27 heavy (non-hydrogen) atoms. The zero-order chi connectivity index (χ0) is 18.4. The van der Waals surface area contributed by atoms with Gasteiger partial charge in [-0.05, 0) is 43.5 Å². The van der Waals surface area contributed by atoms with Crippen LogP contribution >= 0.6 is 12.4 Å². The van der Waals surface area contributed by atoms with Gasteiger partial charge in [0.1, 0.15) is 6.61 Å². The highest BCUT2D eigenvalue weighted by molar-refractivity contribution is 5.85. The maximum atomic E-state index is 12.5. The Morgan fingerprint density at radius 3 is 2.33 bits per heavy atom. The molecule has 1 heterocycles. The van der Waals surface area contributed by atoms with E-state index in [1.165, 1.54) is 0 Å². The van der Waals surface area contributed by atoms with Crippen LogP contribution in [0.5, 0.6) is 11.5 Å². The zero-order valence-corrected chi connectivity index (χ0v) is 16.4. The number of benzene rings is 2. The summed E-state index contributed by atoms with van der Waals surface area (Å²) in [6, 6.07) is 17.6. The van der Waals surface area contributed by atoms with E-state index in [1.54, 1.807) is 0 Å². The molecule has 1 aliphatic heterocycles. The van der Waals surface area contributed by atoms with Gasteiger partial charge in [0, 0.05) is 12.6 Å². The highest BCUT2D eigenvalue weighted by Crippen LogP contribution is 2.28. The summed E-state index contributed by atoms with van der Waals surface area (Å²) in [4.78, 5) is 14.4. The molecule has 0 spiro atoms. The van der Waals surface area contributed by atoms with E-state index < -0.39 is 0 Å². The molecule has 2 aromatic carbocycles. The second-order valence-electron chi connectivity index (χ2n) is 6.74. The van der Waals surface area contributed by atoms with Crippen molar-refractivity contribution in [1.29, 1.82) is 0 Å². The van der Waals surface area contributed by atoms with Crippen molar-refractivity contribution in [3.8, 4) is 11.5 Å². The topological polar surface area (TPSA) is 64.8 Å². The van der Waals surface area contributed by atoms with Crippen LogP contribution in [0.4, 0.5) is 0 Å². The quantitative estimate of drug-likeness (QED) is 0.788. The summed E-state index contributed by atoms with van der Waals surface area (Å²) in [6.45, 7) is 3.85. The lowest BCUT2D eigenvalue weighted by molar-refractivity contribution is -0.134. The number of amides is 1. The Hall–Kier alpha value is -2.24. The summed E-state index contributed by atoms with van der Waals surface area (Å²) >= 11 is 0. The number of hydrogen-bond acceptors (Lipinski definition) is 4. The van der Waals surface area contributed by atoms with Gasteiger partial charge in [0.25, 0.3) is 5.91 Å². The molecule has 1 saturated heterocycles. The van der Waals surface area contributed by atoms with Gasteiger partial charge < -0.3 is 20.1 Å². The number of nitrogens with zero attached hydrogens (tertiary/aromatic N) is 1. The molecule has 6 heteroatoms. The number of likely N-dealkylation sites (tertiary alicyclic amines) is 1. The van der Waals surface area contributed by atoms with Crippen LogP contribution in [0.3, 0.4) is 0 Å². The lowest BCUT2D eigenvalue weighted by Crippen LogP contribution is -2.37. The van der Waals surface area contributed by atoms with Gasteiger partial charge in [0.05, 0.1) is 0 Å². The van der Waals surface area contributed by atoms with Crippen molar-refractivity contribution in [2.24, 2.45) is 11.7 Å². The third-order valence-electron chi connectivity index (χ3n) is 4.75. The number of carbonyl (C=O) groups excluding carboxylic acids is 1. The predicted octanol–water partition coefficient (Wildman–Crippen LogP) is 3.26. The Labute approximate surface area is 166 Å². The molecular formula is C21H27ClN2O3. The van der Waals surface area contributed by atoms with Gasteiger partial charge >= 0.3 is 0 Å². The van der Waals surface area contributed by atoms with Crippen LogP contribution in [-0.4, -0.2) is 36.5 Å². The first kappa shape index (κ1) is 21.1. The minimum Gasteiger partial charge on any atom is -0.485 e. The maximum absolute atomic E-state index is 12.5. The van der Waals surface area contributed by atoms with Crippen molar-refractivity contribution < 1.29 is 14.3 Å². The van der Waals surface area contributed by atoms with Gasteiger partial charge in [-0.2, -0.15) is 0 Å². The Morgan fingerprint density at radius 2 is 1.70 bits per heavy atom. The maximum Gasteiger partial charge on any atom is 0.260 e. The second kappa shape index (κ2) is 10.2. The van der Waals surface area contributed by atoms with E-state index in [-0.39, 0.29) is 31.0 Å². The molecule has 1 amide bonds. The van der Waals surface area contributed by atoms with Gasteiger partial charge in [0.15, 0.2) is 18.1 Å². The van der Waals surface area contributed by atoms with E-state index in [0.717, 1.165) is 12.0 Å². The summed E-state index contributed by atoms with van der Waals surface area (Å²) < 4.78 is 11.6. The van der Waals surface area contributed by atoms with Crippen LogP contribution in [0.1, 0.15) is 18.9 Å². The average molecular weight is 391 g/mol. The van der Waals surface area contributed by atoms with Crippen LogP contribution in [0.25, 0.3) is 0 Å². The van der Waals surface area contributed by atoms with Gasteiger partial charge in [-0.25, -0.2) is 0 Å². The van der Waals surface area contributed by atoms with E-state index in [1.807, 2.05) is 59.5 Å². The van der Waals surface area contributed by atoms with Crippen LogP contribution in [0, 0.1) is 5.92 Å². The Kier molecular flexibility index (Phi) is 7.95. The first-order chi connectivity index (χ1) is 12.7. The molecule has 2 aromatic rings. The molecule has 0 aromatic heterocycles. The van der Waals surface area contributed by atoms with Crippen molar-refractivity contribution >= 4 is 18.3 Å². The minimum atomic E-state index is -0.00804. The van der Waals surface area contributed by atoms with Crippen molar-refractivity contribution in [1.82, 2.24) is 4.90 Å². The molecule has 2 atom stereocenters. The third-order valence-corrected chi connectivity index (χ3v) is 4.75. The fourth-order valence-electron chi connectivity index (χ4n) is 3.31. The summed E-state index contributed by atoms with van der Waals surface area (Å²) in [6.07, 6.45) is 0.957. The molecule has 3 rings (SSSR count). The monoisotopic (exact) mass is 390 g/mol. The second-order valence-corrected chi connectivity index (χ2v) is 6.74. The normalized spacial score (nSPS) is 18.7. The van der Waals surface area contributed by atoms with Crippen LogP contribution in [-0.2, 0) is 11.4 Å². The number of rotatable bonds is 7. The number of nitrogens with two attached hydrogens (primary N) is 1. The van der Waals surface area contributed by atoms with Gasteiger partial charge in [0.2, 0.25) is 0 Å². The first-order valence-corrected chi connectivity index (χ1v) is 9.05. The lowest BCUT2D eigenvalue weighted by Gasteiger charge is -2.22. The van der Waals surface area contributed by atoms with Gasteiger partial charge in [-0.1, -0.05) is 42.5 Å². The molecule has 0 radical (unpaired) electrons. The van der Waals surface area contributed by atoms with Crippen LogP contribution in [0.15, 0.2) is 54.6 Å². The molecular weight excluding hydrogens is 364 g/mol. The van der Waals surface area contributed by atoms with Crippen molar-refractivity contribution in [3.05, 3.63) is 60.2 Å². The predicted molar refractivity (Wildman–Crippen MR) is 108 cm³/mol. The Bertz CT molecular complexity index is 726. The van der Waals surface area contributed by atoms with Crippen LogP contribution in [0.2, 0.25) is 0 Å². The largest absolute Gasteiger partial charge is 0.485 e. The summed E-state index contributed by atoms with van der Waals surface area (Å²) in [5.41, 5.74) is 6.82. The molecule has 0 aliphatic carbocycles. The fourth-order valence-corrected chi connectivity index (χ4v) is 3.31. The van der Waals surface area contributed by atoms with E-state index >= 15 is 0 Å². The van der Waals surface area contributed by atoms with Crippen molar-refractivity contribution in [2.45, 2.75) is 26.0 Å². The SMILES string of the molecule is CC1CC(CN)CN1C(=O)COc1ccccc1OCc1ccccc1.Cl. The molecule has 2 N–H and O–H groups in total. The highest BCUT2D eigenvalue weighted by Gasteiger charge is 2.31. The Balaban J connectivity index is 0.00000261. The number of ether oxygens (including phenoxy) is 2. The summed E-state index contributed by atoms with van der Waals surface area (Å²) in [5.74, 6) is 1.60. The molecule has 5 nitrogen and oxygen atoms in total. The summed E-state index contributed by atoms with van der Waals surface area (Å²) in [5, 5.41) is 0. The average Bonchev–Trinajstić information content (AvgIpc) is 3.07. The molecule has 0 saturated carbocycles. The highest BCUT2D eigenvalue weighted by atomic mass is 35.5. The van der Waals surface area contributed by atoms with E-state index in [4.69, 9.17) is 15.2 Å². The smallest absolute Gasteiger partial charge is 0.260 e. The molecule has 1 aliphatic rings. The number of hydrogen-bond donors (Lipinski definition) is 1. The third kappa shape index (κ3) is 5.62. The number of carbonyl (C=O) groups is 1. The van der Waals surface area contributed by atoms with Gasteiger partial charge in [-0.15, -0.1) is 12.4 Å². The van der Waals surface area contributed by atoms with E-state index in [9.17, 15) is 4.79 Å². The molecule has 1 fully saturated rings. The van der Waals surface area contributed by atoms with Gasteiger partial charge in [-0.3, -0.25) is 4.79 Å². The van der Waals surface area contributed by atoms with Crippen molar-refractivity contribution in [3.63, 3.8) is 0 Å². The molecule has 146 valence electrons. The Morgan fingerprint density at radius 1 is 1.07 bits per heavy atom. The lowest BCUT2D eigenvalue weighted by atomic mass is 10.1.